The number of anilines is 2. The molecule has 2 rings (SSSR count). The molecule has 6 heteroatoms. The third-order valence-electron chi connectivity index (χ3n) is 2.63. The molecule has 2 N–H and O–H groups in total. The first-order chi connectivity index (χ1) is 9.63. The Morgan fingerprint density at radius 1 is 1.40 bits per heavy atom. The molecule has 0 unspecified atom stereocenters. The van der Waals surface area contributed by atoms with Gasteiger partial charge in [-0.1, -0.05) is 6.07 Å². The molecule has 0 atom stereocenters. The van der Waals surface area contributed by atoms with Crippen molar-refractivity contribution in [2.24, 2.45) is 0 Å². The number of carbonyl (C=O) groups excluding carboxylic acids is 1. The number of amides is 1. The molecule has 0 fully saturated rings. The fourth-order valence-electron chi connectivity index (χ4n) is 1.74. The second kappa shape index (κ2) is 6.47. The van der Waals surface area contributed by atoms with Crippen LogP contribution < -0.4 is 10.6 Å². The number of aromatic nitrogens is 1. The van der Waals surface area contributed by atoms with Crippen molar-refractivity contribution in [2.75, 3.05) is 17.2 Å². The minimum atomic E-state index is -0.451. The molecule has 0 aliphatic rings. The molecule has 1 aromatic carbocycles. The Morgan fingerprint density at radius 2 is 2.20 bits per heavy atom. The van der Waals surface area contributed by atoms with E-state index in [1.165, 1.54) is 12.1 Å². The van der Waals surface area contributed by atoms with Gasteiger partial charge in [0.1, 0.15) is 5.82 Å². The van der Waals surface area contributed by atoms with Crippen LogP contribution in [0.15, 0.2) is 41.1 Å². The number of halogens is 2. The number of nitrogens with one attached hydrogen (secondary N) is 2. The van der Waals surface area contributed by atoms with Crippen LogP contribution in [-0.4, -0.2) is 17.4 Å². The summed E-state index contributed by atoms with van der Waals surface area (Å²) < 4.78 is 14.4. The zero-order chi connectivity index (χ0) is 14.5. The maximum absolute atomic E-state index is 13.8. The van der Waals surface area contributed by atoms with Crippen molar-refractivity contribution in [3.8, 4) is 0 Å². The molecular weight excluding hydrogens is 325 g/mol. The maximum atomic E-state index is 13.8. The predicted molar refractivity (Wildman–Crippen MR) is 80.5 cm³/mol. The van der Waals surface area contributed by atoms with Crippen LogP contribution >= 0.6 is 15.9 Å². The maximum Gasteiger partial charge on any atom is 0.257 e. The summed E-state index contributed by atoms with van der Waals surface area (Å²) in [5.41, 5.74) is 1.05. The molecular formula is C14H13BrFN3O. The van der Waals surface area contributed by atoms with E-state index in [1.54, 1.807) is 24.5 Å². The first kappa shape index (κ1) is 14.5. The lowest BCUT2D eigenvalue weighted by atomic mass is 10.1. The Labute approximate surface area is 124 Å². The molecule has 0 aliphatic heterocycles. The summed E-state index contributed by atoms with van der Waals surface area (Å²) in [6.07, 6.45) is 3.14. The number of pyridine rings is 1. The van der Waals surface area contributed by atoms with Crippen molar-refractivity contribution in [2.45, 2.75) is 6.92 Å². The predicted octanol–water partition coefficient (Wildman–Crippen LogP) is 3.67. The van der Waals surface area contributed by atoms with Crippen molar-refractivity contribution < 1.29 is 9.18 Å². The van der Waals surface area contributed by atoms with Gasteiger partial charge < -0.3 is 10.6 Å². The van der Waals surface area contributed by atoms with E-state index in [4.69, 9.17) is 0 Å². The van der Waals surface area contributed by atoms with Gasteiger partial charge in [0.05, 0.1) is 21.4 Å². The molecule has 0 saturated carbocycles. The van der Waals surface area contributed by atoms with Crippen LogP contribution in [-0.2, 0) is 0 Å². The first-order valence-electron chi connectivity index (χ1n) is 6.06. The molecule has 0 bridgehead atoms. The molecule has 1 heterocycles. The van der Waals surface area contributed by atoms with Gasteiger partial charge in [-0.25, -0.2) is 4.39 Å². The smallest absolute Gasteiger partial charge is 0.257 e. The molecule has 0 aliphatic carbocycles. The van der Waals surface area contributed by atoms with Gasteiger partial charge >= 0.3 is 0 Å². The van der Waals surface area contributed by atoms with Crippen molar-refractivity contribution in [1.29, 1.82) is 0 Å². The van der Waals surface area contributed by atoms with Crippen molar-refractivity contribution in [3.05, 3.63) is 52.5 Å². The number of benzene rings is 1. The van der Waals surface area contributed by atoms with Crippen LogP contribution in [0.2, 0.25) is 0 Å². The van der Waals surface area contributed by atoms with Gasteiger partial charge in [-0.3, -0.25) is 9.78 Å². The summed E-state index contributed by atoms with van der Waals surface area (Å²) in [6.45, 7) is 2.37. The van der Waals surface area contributed by atoms with E-state index >= 15 is 0 Å². The highest BCUT2D eigenvalue weighted by atomic mass is 79.9. The second-order valence-corrected chi connectivity index (χ2v) is 4.86. The number of nitrogens with zero attached hydrogens (tertiary/aromatic N) is 1. The average molecular weight is 338 g/mol. The average Bonchev–Trinajstić information content (AvgIpc) is 2.43. The summed E-state index contributed by atoms with van der Waals surface area (Å²) in [4.78, 5) is 16.2. The van der Waals surface area contributed by atoms with Crippen LogP contribution in [0.3, 0.4) is 0 Å². The highest BCUT2D eigenvalue weighted by Gasteiger charge is 2.15. The normalized spacial score (nSPS) is 10.2. The van der Waals surface area contributed by atoms with Gasteiger partial charge in [-0.15, -0.1) is 0 Å². The van der Waals surface area contributed by atoms with Crippen LogP contribution in [0.5, 0.6) is 0 Å². The van der Waals surface area contributed by atoms with Crippen LogP contribution in [0.1, 0.15) is 17.3 Å². The zero-order valence-electron chi connectivity index (χ0n) is 10.8. The van der Waals surface area contributed by atoms with Crippen LogP contribution in [0.4, 0.5) is 15.8 Å². The lowest BCUT2D eigenvalue weighted by Gasteiger charge is -2.12. The summed E-state index contributed by atoms with van der Waals surface area (Å²) in [7, 11) is 0. The number of hydrogen-bond donors (Lipinski definition) is 2. The van der Waals surface area contributed by atoms with E-state index in [0.717, 1.165) is 0 Å². The number of carbonyl (C=O) groups is 1. The molecule has 1 aromatic heterocycles. The fourth-order valence-corrected chi connectivity index (χ4v) is 2.09. The minimum Gasteiger partial charge on any atom is -0.382 e. The highest BCUT2D eigenvalue weighted by molar-refractivity contribution is 9.10. The zero-order valence-corrected chi connectivity index (χ0v) is 12.4. The van der Waals surface area contributed by atoms with Crippen molar-refractivity contribution in [3.63, 3.8) is 0 Å². The Balaban J connectivity index is 2.30. The van der Waals surface area contributed by atoms with Crippen LogP contribution in [0, 0.1) is 5.82 Å². The van der Waals surface area contributed by atoms with E-state index in [9.17, 15) is 9.18 Å². The van der Waals surface area contributed by atoms with Gasteiger partial charge in [0.15, 0.2) is 0 Å². The molecule has 0 radical (unpaired) electrons. The van der Waals surface area contributed by atoms with Gasteiger partial charge in [0.25, 0.3) is 5.91 Å². The third-order valence-corrected chi connectivity index (χ3v) is 3.26. The topological polar surface area (TPSA) is 54.0 Å². The number of hydrogen-bond acceptors (Lipinski definition) is 3. The second-order valence-electron chi connectivity index (χ2n) is 4.00. The molecule has 4 nitrogen and oxygen atoms in total. The van der Waals surface area contributed by atoms with E-state index in [0.29, 0.717) is 16.7 Å². The number of para-hydroxylation sites is 1. The Hall–Kier alpha value is -1.95. The third kappa shape index (κ3) is 3.14. The first-order valence-corrected chi connectivity index (χ1v) is 6.86. The van der Waals surface area contributed by atoms with Crippen LogP contribution in [0.25, 0.3) is 0 Å². The molecule has 1 amide bonds. The molecule has 0 spiro atoms. The Morgan fingerprint density at radius 3 is 2.90 bits per heavy atom. The van der Waals surface area contributed by atoms with Gasteiger partial charge in [-0.2, -0.15) is 0 Å². The minimum absolute atomic E-state index is 0.206. The largest absolute Gasteiger partial charge is 0.382 e. The molecule has 0 saturated heterocycles. The quantitative estimate of drug-likeness (QED) is 0.894. The number of rotatable bonds is 4. The fraction of sp³-hybridized carbons (Fsp3) is 0.143. The molecule has 104 valence electrons. The monoisotopic (exact) mass is 337 g/mol. The summed E-state index contributed by atoms with van der Waals surface area (Å²) in [5.74, 6) is -0.833. The Kier molecular flexibility index (Phi) is 4.68. The highest BCUT2D eigenvalue weighted by Crippen LogP contribution is 2.24. The summed E-state index contributed by atoms with van der Waals surface area (Å²) >= 11 is 3.29. The lowest BCUT2D eigenvalue weighted by Crippen LogP contribution is -2.16. The van der Waals surface area contributed by atoms with Gasteiger partial charge in [-0.05, 0) is 41.1 Å². The van der Waals surface area contributed by atoms with Gasteiger partial charge in [0.2, 0.25) is 0 Å². The van der Waals surface area contributed by atoms with E-state index < -0.39 is 5.82 Å². The SMILES string of the molecule is CCNc1c(F)cccc1C(=O)Nc1ccncc1Br. The van der Waals surface area contributed by atoms with E-state index in [1.807, 2.05) is 6.92 Å². The summed E-state index contributed by atoms with van der Waals surface area (Å²) in [6, 6.07) is 6.06. The molecule has 2 aromatic rings. The summed E-state index contributed by atoms with van der Waals surface area (Å²) in [5, 5.41) is 5.59. The lowest BCUT2D eigenvalue weighted by molar-refractivity contribution is 0.102. The van der Waals surface area contributed by atoms with Gasteiger partial charge in [0, 0.05) is 18.9 Å². The molecule has 20 heavy (non-hydrogen) atoms. The Bertz CT molecular complexity index is 634. The van der Waals surface area contributed by atoms with Crippen molar-refractivity contribution >= 4 is 33.2 Å². The van der Waals surface area contributed by atoms with Crippen molar-refractivity contribution in [1.82, 2.24) is 4.98 Å². The van der Waals surface area contributed by atoms with E-state index in [2.05, 4.69) is 31.5 Å². The van der Waals surface area contributed by atoms with E-state index in [-0.39, 0.29) is 17.2 Å². The standard InChI is InChI=1S/C14H13BrFN3O/c1-2-18-13-9(4-3-5-11(13)16)14(20)19-12-6-7-17-8-10(12)15/h3-8,18H,2H2,1H3,(H,17,19,20).